The molecule has 0 spiro atoms. The van der Waals surface area contributed by atoms with Crippen LogP contribution in [-0.2, 0) is 9.84 Å². The van der Waals surface area contributed by atoms with Gasteiger partial charge in [0.1, 0.15) is 0 Å². The van der Waals surface area contributed by atoms with Crippen LogP contribution in [0.3, 0.4) is 0 Å². The van der Waals surface area contributed by atoms with Gasteiger partial charge in [-0.25, -0.2) is 8.42 Å². The second-order valence-corrected chi connectivity index (χ2v) is 8.11. The van der Waals surface area contributed by atoms with Crippen LogP contribution in [0.1, 0.15) is 30.0 Å². The van der Waals surface area contributed by atoms with Crippen LogP contribution in [0.5, 0.6) is 0 Å². The molecule has 100 valence electrons. The third kappa shape index (κ3) is 2.28. The highest BCUT2D eigenvalue weighted by atomic mass is 32.2. The lowest BCUT2D eigenvalue weighted by molar-refractivity contribution is 0.164. The van der Waals surface area contributed by atoms with Gasteiger partial charge < -0.3 is 9.63 Å². The molecule has 0 aliphatic carbocycles. The summed E-state index contributed by atoms with van der Waals surface area (Å²) in [5.41, 5.74) is 0. The van der Waals surface area contributed by atoms with Gasteiger partial charge in [-0.2, -0.15) is 16.7 Å². The molecule has 2 fully saturated rings. The van der Waals surface area contributed by atoms with E-state index in [1.165, 1.54) is 0 Å². The maximum Gasteiger partial charge on any atom is 0.233 e. The molecule has 3 heterocycles. The normalized spacial score (nSPS) is 35.1. The Morgan fingerprint density at radius 1 is 1.39 bits per heavy atom. The van der Waals surface area contributed by atoms with E-state index in [1.807, 2.05) is 0 Å². The molecule has 1 N–H and O–H groups in total. The lowest BCUT2D eigenvalue weighted by atomic mass is 10.1. The van der Waals surface area contributed by atoms with Crippen molar-refractivity contribution in [1.29, 1.82) is 0 Å². The summed E-state index contributed by atoms with van der Waals surface area (Å²) in [6.07, 6.45) is 0.110. The smallest absolute Gasteiger partial charge is 0.233 e. The first-order valence-electron chi connectivity index (χ1n) is 5.85. The lowest BCUT2D eigenvalue weighted by Gasteiger charge is -2.06. The van der Waals surface area contributed by atoms with Crippen LogP contribution in [-0.4, -0.2) is 52.8 Å². The van der Waals surface area contributed by atoms with Crippen LogP contribution in [0.4, 0.5) is 0 Å². The Morgan fingerprint density at radius 3 is 2.83 bits per heavy atom. The quantitative estimate of drug-likeness (QED) is 0.829. The van der Waals surface area contributed by atoms with E-state index in [2.05, 4.69) is 10.1 Å². The number of nitrogens with zero attached hydrogens (tertiary/aromatic N) is 2. The van der Waals surface area contributed by atoms with E-state index in [0.29, 0.717) is 23.9 Å². The standard InChI is InChI=1S/C10H14N2O4S2/c13-8-4-17-3-7(8)10-11-9(12-16-10)6-1-2-18(14,15)5-6/h6-8,13H,1-5H2. The Balaban J connectivity index is 1.78. The molecule has 18 heavy (non-hydrogen) atoms. The molecule has 2 aliphatic heterocycles. The van der Waals surface area contributed by atoms with E-state index in [1.54, 1.807) is 11.8 Å². The molecule has 3 atom stereocenters. The van der Waals surface area contributed by atoms with E-state index in [0.717, 1.165) is 5.75 Å². The summed E-state index contributed by atoms with van der Waals surface area (Å²) < 4.78 is 28.0. The first-order valence-corrected chi connectivity index (χ1v) is 8.82. The molecule has 3 unspecified atom stereocenters. The van der Waals surface area contributed by atoms with Crippen molar-refractivity contribution in [2.75, 3.05) is 23.0 Å². The largest absolute Gasteiger partial charge is 0.391 e. The molecule has 2 aliphatic rings. The second-order valence-electron chi connectivity index (χ2n) is 4.80. The van der Waals surface area contributed by atoms with Crippen molar-refractivity contribution in [2.45, 2.75) is 24.4 Å². The highest BCUT2D eigenvalue weighted by Crippen LogP contribution is 2.33. The van der Waals surface area contributed by atoms with Gasteiger partial charge in [-0.05, 0) is 6.42 Å². The Bertz CT molecular complexity index is 542. The number of thioether (sulfide) groups is 1. The van der Waals surface area contributed by atoms with Crippen LogP contribution in [0.25, 0.3) is 0 Å². The van der Waals surface area contributed by atoms with Crippen LogP contribution in [0.15, 0.2) is 4.52 Å². The fraction of sp³-hybridized carbons (Fsp3) is 0.800. The summed E-state index contributed by atoms with van der Waals surface area (Å²) in [5, 5.41) is 13.6. The summed E-state index contributed by atoms with van der Waals surface area (Å²) >= 11 is 1.65. The first-order chi connectivity index (χ1) is 8.55. The van der Waals surface area contributed by atoms with Crippen molar-refractivity contribution in [1.82, 2.24) is 10.1 Å². The van der Waals surface area contributed by atoms with E-state index in [9.17, 15) is 13.5 Å². The highest BCUT2D eigenvalue weighted by Gasteiger charge is 2.35. The maximum absolute atomic E-state index is 11.4. The number of hydrogen-bond acceptors (Lipinski definition) is 7. The molecule has 8 heteroatoms. The molecule has 0 radical (unpaired) electrons. The zero-order valence-corrected chi connectivity index (χ0v) is 11.3. The summed E-state index contributed by atoms with van der Waals surface area (Å²) in [5.74, 6) is 2.39. The van der Waals surface area contributed by atoms with Gasteiger partial charge in [0.25, 0.3) is 0 Å². The van der Waals surface area contributed by atoms with Crippen molar-refractivity contribution in [3.8, 4) is 0 Å². The molecule has 1 aromatic rings. The van der Waals surface area contributed by atoms with Crippen LogP contribution in [0.2, 0.25) is 0 Å². The van der Waals surface area contributed by atoms with Crippen LogP contribution < -0.4 is 0 Å². The summed E-state index contributed by atoms with van der Waals surface area (Å²) in [7, 11) is -2.94. The van der Waals surface area contributed by atoms with Crippen LogP contribution in [0, 0.1) is 0 Å². The van der Waals surface area contributed by atoms with Crippen molar-refractivity contribution in [3.05, 3.63) is 11.7 Å². The van der Waals surface area contributed by atoms with Gasteiger partial charge in [-0.15, -0.1) is 0 Å². The Hall–Kier alpha value is -0.600. The third-order valence-electron chi connectivity index (χ3n) is 3.42. The van der Waals surface area contributed by atoms with E-state index in [-0.39, 0.29) is 23.3 Å². The van der Waals surface area contributed by atoms with E-state index < -0.39 is 15.9 Å². The molecule has 0 amide bonds. The SMILES string of the molecule is O=S1(=O)CCC(c2noc(C3CSCC3O)n2)C1. The zero-order chi connectivity index (χ0) is 12.8. The van der Waals surface area contributed by atoms with Gasteiger partial charge in [0, 0.05) is 17.4 Å². The number of sulfone groups is 1. The summed E-state index contributed by atoms with van der Waals surface area (Å²) in [6, 6.07) is 0. The number of aromatic nitrogens is 2. The summed E-state index contributed by atoms with van der Waals surface area (Å²) in [6.45, 7) is 0. The van der Waals surface area contributed by atoms with Gasteiger partial charge in [0.2, 0.25) is 5.89 Å². The van der Waals surface area contributed by atoms with Gasteiger partial charge in [0.15, 0.2) is 15.7 Å². The predicted octanol–water partition coefficient (Wildman–Crippen LogP) is 0.163. The molecule has 0 bridgehead atoms. The average molecular weight is 290 g/mol. The number of hydrogen-bond donors (Lipinski definition) is 1. The highest BCUT2D eigenvalue weighted by molar-refractivity contribution is 7.99. The van der Waals surface area contributed by atoms with E-state index >= 15 is 0 Å². The molecule has 0 aromatic carbocycles. The van der Waals surface area contributed by atoms with Crippen molar-refractivity contribution in [2.24, 2.45) is 0 Å². The van der Waals surface area contributed by atoms with Gasteiger partial charge in [-0.3, -0.25) is 0 Å². The van der Waals surface area contributed by atoms with Crippen LogP contribution >= 0.6 is 11.8 Å². The third-order valence-corrected chi connectivity index (χ3v) is 6.36. The van der Waals surface area contributed by atoms with Gasteiger partial charge >= 0.3 is 0 Å². The lowest BCUT2D eigenvalue weighted by Crippen LogP contribution is -2.16. The minimum Gasteiger partial charge on any atom is -0.391 e. The van der Waals surface area contributed by atoms with E-state index in [4.69, 9.17) is 4.52 Å². The number of aliphatic hydroxyl groups excluding tert-OH is 1. The molecular formula is C10H14N2O4S2. The van der Waals surface area contributed by atoms with Crippen molar-refractivity contribution < 1.29 is 18.0 Å². The maximum atomic E-state index is 11.4. The Labute approximate surface area is 109 Å². The topological polar surface area (TPSA) is 93.3 Å². The molecule has 0 saturated carbocycles. The Morgan fingerprint density at radius 2 is 2.22 bits per heavy atom. The fourth-order valence-corrected chi connectivity index (χ4v) is 5.31. The second kappa shape index (κ2) is 4.50. The molecule has 2 saturated heterocycles. The van der Waals surface area contributed by atoms with Crippen molar-refractivity contribution in [3.63, 3.8) is 0 Å². The van der Waals surface area contributed by atoms with Crippen molar-refractivity contribution >= 4 is 21.6 Å². The Kier molecular flexibility index (Phi) is 3.11. The summed E-state index contributed by atoms with van der Waals surface area (Å²) in [4.78, 5) is 4.27. The molecule has 6 nitrogen and oxygen atoms in total. The predicted molar refractivity (Wildman–Crippen MR) is 66.4 cm³/mol. The number of aliphatic hydroxyl groups is 1. The molecule has 1 aromatic heterocycles. The monoisotopic (exact) mass is 290 g/mol. The number of rotatable bonds is 2. The van der Waals surface area contributed by atoms with Gasteiger partial charge in [-0.1, -0.05) is 5.16 Å². The minimum absolute atomic E-state index is 0.105. The van der Waals surface area contributed by atoms with Gasteiger partial charge in [0.05, 0.1) is 23.5 Å². The average Bonchev–Trinajstić information content (AvgIpc) is 2.97. The zero-order valence-electron chi connectivity index (χ0n) is 9.65. The fourth-order valence-electron chi connectivity index (χ4n) is 2.34. The first kappa shape index (κ1) is 12.4. The molecular weight excluding hydrogens is 276 g/mol. The minimum atomic E-state index is -2.94. The molecule has 3 rings (SSSR count).